The Bertz CT molecular complexity index is 5030. The van der Waals surface area contributed by atoms with Gasteiger partial charge in [-0.1, -0.05) is 88.3 Å². The smallest absolute Gasteiger partial charge is 0.326 e. The van der Waals surface area contributed by atoms with Crippen LogP contribution in [0.2, 0.25) is 0 Å². The Kier molecular flexibility index (Phi) is 51.4. The number of urea groups is 2. The lowest BCUT2D eigenvalue weighted by Crippen LogP contribution is -2.61. The molecule has 0 radical (unpaired) electrons. The third kappa shape index (κ3) is 43.7. The number of carbonyl (C=O) groups is 16. The van der Waals surface area contributed by atoms with Gasteiger partial charge in [-0.15, -0.1) is 0 Å². The predicted molar refractivity (Wildman–Crippen MR) is 539 cm³/mol. The van der Waals surface area contributed by atoms with Crippen molar-refractivity contribution < 1.29 is 92.0 Å². The molecule has 0 aliphatic carbocycles. The van der Waals surface area contributed by atoms with Gasteiger partial charge >= 0.3 is 18.0 Å². The second-order valence-corrected chi connectivity index (χ2v) is 36.8. The number of fused-ring (bicyclic) bond motifs is 2. The highest BCUT2D eigenvalue weighted by atomic mass is 33.1. The molecule has 43 N–H and O–H groups in total. The second-order valence-electron chi connectivity index (χ2n) is 34.3. The third-order valence-corrected chi connectivity index (χ3v) is 25.3. The van der Waals surface area contributed by atoms with Gasteiger partial charge in [0.25, 0.3) is 0 Å². The van der Waals surface area contributed by atoms with Crippen LogP contribution in [0.5, 0.6) is 11.5 Å². The van der Waals surface area contributed by atoms with E-state index in [1.54, 1.807) is 36.4 Å². The molecule has 2 heterocycles. The zero-order valence-corrected chi connectivity index (χ0v) is 81.3. The van der Waals surface area contributed by atoms with Crippen molar-refractivity contribution in [3.63, 3.8) is 0 Å². The fourth-order valence-corrected chi connectivity index (χ4v) is 17.7. The largest absolute Gasteiger partial charge is 0.508 e. The Morgan fingerprint density at radius 1 is 0.420 bits per heavy atom. The van der Waals surface area contributed by atoms with Crippen LogP contribution in [0.3, 0.4) is 0 Å². The van der Waals surface area contributed by atoms with E-state index in [1.807, 2.05) is 6.07 Å². The zero-order valence-electron chi connectivity index (χ0n) is 79.7. The highest BCUT2D eigenvalue weighted by Crippen LogP contribution is 2.27. The number of amides is 17. The summed E-state index contributed by atoms with van der Waals surface area (Å²) in [7, 11) is 1.46. The molecule has 2 fully saturated rings. The SMILES string of the molecule is NCCCC[C@@H]1NC(=O)[C@H](CCCN=C(N)N)NC(=O)[C@H](Cc2ccc(O)cc2)NC(=O)[C@@H](NC(=O)[C@H](Cc2ccc3ccccc3c2)NC(=O)[C@H](CCCN=C(N)N)NC(=O)[C@@H](N)CCCN=C(N)N)CSSC[C@@H](C(=O)N[C@@H](CCCN=C(N)N)C(=O)O)NC(=O)[C@H](CCCNC(N)=O)NC(=O)[C@H](CCCNC(N)=O)NC(=O)[C@H](Cc2ccc(O)cc2)NC(=O)[C@@H]2CCCN2C(=O)[C@@H](CCCCN)NC1=O. The first-order chi connectivity index (χ1) is 68.2. The van der Waals surface area contributed by atoms with Gasteiger partial charge in [0.1, 0.15) is 90.0 Å². The highest BCUT2D eigenvalue weighted by Gasteiger charge is 2.43. The van der Waals surface area contributed by atoms with Crippen molar-refractivity contribution in [2.75, 3.05) is 70.4 Å². The van der Waals surface area contributed by atoms with Gasteiger partial charge in [0.2, 0.25) is 76.8 Å². The number of unbranched alkanes of at least 4 members (excludes halogenated alkanes) is 2. The second kappa shape index (κ2) is 62.6. The zero-order chi connectivity index (χ0) is 105. The van der Waals surface area contributed by atoms with Crippen LogP contribution in [0.4, 0.5) is 9.59 Å². The van der Waals surface area contributed by atoms with E-state index in [1.165, 1.54) is 53.4 Å². The molecule has 14 atom stereocenters. The number of rotatable bonds is 47. The van der Waals surface area contributed by atoms with Crippen molar-refractivity contribution in [2.45, 2.75) is 232 Å². The first kappa shape index (κ1) is 117. The van der Waals surface area contributed by atoms with E-state index in [-0.39, 0.29) is 222 Å². The number of carboxylic acid groups (broad SMARTS) is 1. The minimum Gasteiger partial charge on any atom is -0.508 e. The number of carbonyl (C=O) groups excluding carboxylic acids is 15. The van der Waals surface area contributed by atoms with Crippen LogP contribution in [0, 0.1) is 0 Å². The number of aliphatic imine (C=N–C) groups is 4. The van der Waals surface area contributed by atoms with Crippen molar-refractivity contribution in [3.8, 4) is 11.5 Å². The monoisotopic (exact) mass is 2040 g/mol. The molecule has 0 unspecified atom stereocenters. The quantitative estimate of drug-likeness (QED) is 0.00846. The summed E-state index contributed by atoms with van der Waals surface area (Å²) < 4.78 is 0. The van der Waals surface area contributed by atoms with Gasteiger partial charge in [-0.05, 0) is 193 Å². The molecule has 143 heavy (non-hydrogen) atoms. The van der Waals surface area contributed by atoms with E-state index in [4.69, 9.17) is 74.5 Å². The minimum atomic E-state index is -1.91. The number of hydrogen-bond donors (Lipinski definition) is 30. The molecule has 17 amide bonds. The van der Waals surface area contributed by atoms with Crippen molar-refractivity contribution in [2.24, 2.45) is 94.5 Å². The summed E-state index contributed by atoms with van der Waals surface area (Å²) in [4.78, 5) is 254. The molecule has 51 nitrogen and oxygen atoms in total. The Morgan fingerprint density at radius 3 is 1.32 bits per heavy atom. The van der Waals surface area contributed by atoms with E-state index < -0.39 is 204 Å². The van der Waals surface area contributed by atoms with Gasteiger partial charge in [0.15, 0.2) is 23.8 Å². The van der Waals surface area contributed by atoms with E-state index in [9.17, 15) is 34.5 Å². The van der Waals surface area contributed by atoms with Gasteiger partial charge in [-0.25, -0.2) is 14.4 Å². The van der Waals surface area contributed by atoms with E-state index in [0.717, 1.165) is 27.0 Å². The number of nitrogens with zero attached hydrogens (tertiary/aromatic N) is 5. The number of carboxylic acids is 1. The Labute approximate surface area is 834 Å². The molecule has 2 saturated heterocycles. The van der Waals surface area contributed by atoms with Gasteiger partial charge in [-0.2, -0.15) is 0 Å². The number of primary amides is 2. The van der Waals surface area contributed by atoms with Gasteiger partial charge in [0, 0.05) is 76.6 Å². The van der Waals surface area contributed by atoms with Crippen LogP contribution in [0.15, 0.2) is 111 Å². The molecular formula is C90H140N32O19S2. The maximum atomic E-state index is 16.0. The van der Waals surface area contributed by atoms with Crippen molar-refractivity contribution >= 4 is 151 Å². The first-order valence-corrected chi connectivity index (χ1v) is 49.6. The van der Waals surface area contributed by atoms with Crippen LogP contribution in [-0.2, 0) is 86.4 Å². The molecule has 786 valence electrons. The lowest BCUT2D eigenvalue weighted by molar-refractivity contribution is -0.142. The summed E-state index contributed by atoms with van der Waals surface area (Å²) in [5.41, 5.74) is 75.3. The summed E-state index contributed by atoms with van der Waals surface area (Å²) in [5, 5.41) is 70.1. The molecule has 4 aromatic rings. The van der Waals surface area contributed by atoms with E-state index in [2.05, 4.69) is 94.4 Å². The van der Waals surface area contributed by atoms with E-state index in [0.29, 0.717) is 29.4 Å². The number of benzene rings is 4. The van der Waals surface area contributed by atoms with Crippen LogP contribution < -0.4 is 149 Å². The normalized spacial score (nSPS) is 20.2. The average Bonchev–Trinajstić information content (AvgIpc) is 1.72. The number of phenolic OH excluding ortho intramolecular Hbond substituents is 2. The van der Waals surface area contributed by atoms with Crippen molar-refractivity contribution in [3.05, 3.63) is 108 Å². The number of nitrogens with two attached hydrogens (primary N) is 13. The summed E-state index contributed by atoms with van der Waals surface area (Å²) in [6, 6.07) is -1.58. The Hall–Kier alpha value is -14.5. The van der Waals surface area contributed by atoms with Crippen molar-refractivity contribution in [1.82, 2.24) is 79.3 Å². The summed E-state index contributed by atoms with van der Waals surface area (Å²) >= 11 is 0. The summed E-state index contributed by atoms with van der Waals surface area (Å²) in [5.74, 6) is -17.5. The van der Waals surface area contributed by atoms with Crippen LogP contribution >= 0.6 is 21.6 Å². The maximum Gasteiger partial charge on any atom is 0.326 e. The fourth-order valence-electron chi connectivity index (χ4n) is 15.4. The molecule has 2 aliphatic rings. The molecule has 53 heteroatoms. The van der Waals surface area contributed by atoms with Gasteiger partial charge < -0.3 is 169 Å². The standard InChI is InChI=1S/C90H140N32O19S2/c91-35-5-3-17-58-74(128)115-63(18-4-6-36-92)83(137)122-43-13-24-70(122)82(136)119-66(46-51-28-33-56(124)34-29-51)78(132)114-61(21-10-41-108-89(102)140)73(127)112-62(22-11-42-109-90(103)141)76(130)120-68(80(134)116-64(84(138)139)23-12-40-107-88(100)101)48-142-143-49-69(81(135)118-65(45-50-26-31-55(123)32-27-50)77(131)113-60(72(126)111-58)20-9-39-106-87(98)99)121-79(133)67(47-52-25-30-53-14-1-2-15-54(53)44-52)117-75(129)59(19-8-38-105-86(96)97)110-71(125)57(93)16-7-37-104-85(94)95/h1-2,14-15,25-34,44,57-70,123-124H,3-13,16-24,35-43,45-49,91-93H2,(H,110,125)(H,111,126)(H,112,127)(H,113,131)(H,114,132)(H,115,128)(H,116,134)(H,117,129)(H,118,135)(H,119,136)(H,120,130)(H,121,133)(H,138,139)(H4,94,95,104)(H4,96,97,105)(H4,98,99,106)(H4,100,101,107)(H3,102,108,140)(H3,103,109,141)/t57-,58-,59-,60-,61-,62-,63+,64-,65-,66-,67-,68-,69-,70-/m0/s1. The van der Waals surface area contributed by atoms with E-state index >= 15 is 57.5 Å². The summed E-state index contributed by atoms with van der Waals surface area (Å²) in [6.07, 6.45) is -1.66. The predicted octanol–water partition coefficient (Wildman–Crippen LogP) is -6.74. The molecule has 0 saturated carbocycles. The number of aliphatic carboxylic acids is 1. The lowest BCUT2D eigenvalue weighted by Gasteiger charge is -2.31. The molecule has 0 spiro atoms. The topological polar surface area (TPSA) is 893 Å². The summed E-state index contributed by atoms with van der Waals surface area (Å²) in [6.45, 7) is -0.435. The molecule has 0 bridgehead atoms. The van der Waals surface area contributed by atoms with Gasteiger partial charge in [-0.3, -0.25) is 82.3 Å². The maximum absolute atomic E-state index is 16.0. The molecule has 4 aromatic carbocycles. The Morgan fingerprint density at radius 2 is 0.832 bits per heavy atom. The number of nitrogens with one attached hydrogen (secondary N) is 14. The average molecular weight is 2040 g/mol. The van der Waals surface area contributed by atoms with Crippen LogP contribution in [0.1, 0.15) is 145 Å². The third-order valence-electron chi connectivity index (χ3n) is 22.9. The number of guanidine groups is 4. The lowest BCUT2D eigenvalue weighted by atomic mass is 10.00. The first-order valence-electron chi connectivity index (χ1n) is 47.1. The Balaban J connectivity index is 1.62. The fraction of sp³-hybridized carbons (Fsp3) is 0.533. The molecular weight excluding hydrogens is 1900 g/mol. The number of hydrogen-bond acceptors (Lipinski definition) is 27. The molecule has 2 aliphatic heterocycles. The van der Waals surface area contributed by atoms with Gasteiger partial charge in [0.05, 0.1) is 6.04 Å². The van der Waals surface area contributed by atoms with Crippen LogP contribution in [-0.4, -0.2) is 294 Å². The molecule has 6 rings (SSSR count). The van der Waals surface area contributed by atoms with Crippen LogP contribution in [0.25, 0.3) is 10.8 Å². The number of phenols is 2. The molecule has 0 aromatic heterocycles. The number of aromatic hydroxyl groups is 2. The highest BCUT2D eigenvalue weighted by molar-refractivity contribution is 8.76. The minimum absolute atomic E-state index is 0.00488. The van der Waals surface area contributed by atoms with Crippen molar-refractivity contribution in [1.29, 1.82) is 0 Å².